The van der Waals surface area contributed by atoms with Gasteiger partial charge < -0.3 is 10.1 Å². The molecule has 1 unspecified atom stereocenters. The van der Waals surface area contributed by atoms with Crippen LogP contribution in [0.4, 0.5) is 0 Å². The van der Waals surface area contributed by atoms with E-state index in [0.717, 1.165) is 30.3 Å². The Kier molecular flexibility index (Phi) is 5.15. The molecular weight excluding hydrogens is 340 g/mol. The topological polar surface area (TPSA) is 85.2 Å². The summed E-state index contributed by atoms with van der Waals surface area (Å²) in [6.45, 7) is 5.76. The lowest BCUT2D eigenvalue weighted by molar-refractivity contribution is 0.122. The first-order valence-electron chi connectivity index (χ1n) is 8.58. The number of rotatable bonds is 7. The highest BCUT2D eigenvalue weighted by Crippen LogP contribution is 2.23. The van der Waals surface area contributed by atoms with Crippen LogP contribution in [-0.2, 0) is 14.8 Å². The Morgan fingerprint density at radius 2 is 2.24 bits per heavy atom. The van der Waals surface area contributed by atoms with Crippen LogP contribution in [0, 0.1) is 0 Å². The van der Waals surface area contributed by atoms with Crippen LogP contribution in [0.15, 0.2) is 29.3 Å². The molecule has 1 aliphatic heterocycles. The van der Waals surface area contributed by atoms with Gasteiger partial charge in [0.2, 0.25) is 10.0 Å². The van der Waals surface area contributed by atoms with Crippen molar-refractivity contribution in [2.24, 2.45) is 0 Å². The minimum Gasteiger partial charge on any atom is -0.383 e. The average molecular weight is 366 g/mol. The van der Waals surface area contributed by atoms with E-state index in [1.165, 1.54) is 0 Å². The molecule has 2 N–H and O–H groups in total. The highest BCUT2D eigenvalue weighted by molar-refractivity contribution is 7.89. The quantitative estimate of drug-likeness (QED) is 0.778. The molecule has 25 heavy (non-hydrogen) atoms. The molecule has 0 saturated carbocycles. The number of sulfonamides is 1. The number of aromatic nitrogens is 2. The van der Waals surface area contributed by atoms with Gasteiger partial charge in [-0.15, -0.1) is 0 Å². The van der Waals surface area contributed by atoms with E-state index in [1.54, 1.807) is 25.4 Å². The van der Waals surface area contributed by atoms with E-state index in [2.05, 4.69) is 15.1 Å². The largest absolute Gasteiger partial charge is 0.383 e. The summed E-state index contributed by atoms with van der Waals surface area (Å²) in [5.74, 6) is 0. The number of fused-ring (bicyclic) bond motifs is 1. The van der Waals surface area contributed by atoms with Gasteiger partial charge in [0, 0.05) is 25.1 Å². The van der Waals surface area contributed by atoms with Crippen LogP contribution in [0.25, 0.3) is 10.9 Å². The fourth-order valence-electron chi connectivity index (χ4n) is 3.40. The zero-order valence-corrected chi connectivity index (χ0v) is 15.8. The van der Waals surface area contributed by atoms with Crippen molar-refractivity contribution in [2.75, 3.05) is 26.8 Å². The molecule has 7 nitrogen and oxygen atoms in total. The van der Waals surface area contributed by atoms with Crippen molar-refractivity contribution in [1.29, 1.82) is 0 Å². The van der Waals surface area contributed by atoms with Crippen molar-refractivity contribution in [3.05, 3.63) is 24.4 Å². The minimum absolute atomic E-state index is 0.223. The molecule has 0 radical (unpaired) electrons. The average Bonchev–Trinajstić information content (AvgIpc) is 3.20. The number of nitrogens with one attached hydrogen (secondary N) is 2. The highest BCUT2D eigenvalue weighted by atomic mass is 32.2. The Morgan fingerprint density at radius 1 is 1.44 bits per heavy atom. The van der Waals surface area contributed by atoms with E-state index in [1.807, 2.05) is 24.6 Å². The van der Waals surface area contributed by atoms with Gasteiger partial charge in [-0.2, -0.15) is 5.10 Å². The first-order chi connectivity index (χ1) is 11.9. The summed E-state index contributed by atoms with van der Waals surface area (Å²) in [7, 11) is -1.95. The van der Waals surface area contributed by atoms with Crippen molar-refractivity contribution < 1.29 is 13.2 Å². The second-order valence-corrected chi connectivity index (χ2v) is 8.74. The molecule has 8 heteroatoms. The SMILES string of the molecule is COCC1(CNS(=O)(=O)c2ccc3c(cnn3C(C)C)c2)CCCN1. The van der Waals surface area contributed by atoms with Crippen LogP contribution in [0.3, 0.4) is 0 Å². The van der Waals surface area contributed by atoms with E-state index in [4.69, 9.17) is 4.74 Å². The molecule has 0 spiro atoms. The number of methoxy groups -OCH3 is 1. The lowest BCUT2D eigenvalue weighted by Crippen LogP contribution is -2.52. The van der Waals surface area contributed by atoms with E-state index in [0.29, 0.717) is 13.2 Å². The molecule has 138 valence electrons. The lowest BCUT2D eigenvalue weighted by atomic mass is 9.99. The normalized spacial score (nSPS) is 21.4. The van der Waals surface area contributed by atoms with Crippen molar-refractivity contribution in [2.45, 2.75) is 43.2 Å². The summed E-state index contributed by atoms with van der Waals surface area (Å²) in [6, 6.07) is 5.35. The van der Waals surface area contributed by atoms with Crippen molar-refractivity contribution in [1.82, 2.24) is 19.8 Å². The van der Waals surface area contributed by atoms with Crippen LogP contribution in [0.1, 0.15) is 32.7 Å². The standard InChI is InChI=1S/C17H26N4O3S/c1-13(2)21-16-6-5-15(9-14(16)10-19-21)25(22,23)20-11-17(12-24-3)7-4-8-18-17/h5-6,9-10,13,18,20H,4,7-8,11-12H2,1-3H3. The number of hydrogen-bond donors (Lipinski definition) is 2. The van der Waals surface area contributed by atoms with Crippen LogP contribution in [0.5, 0.6) is 0 Å². The first-order valence-corrected chi connectivity index (χ1v) is 10.1. The second kappa shape index (κ2) is 7.03. The van der Waals surface area contributed by atoms with E-state index < -0.39 is 10.0 Å². The van der Waals surface area contributed by atoms with Gasteiger partial charge in [-0.05, 0) is 51.4 Å². The van der Waals surface area contributed by atoms with Crippen LogP contribution in [-0.4, -0.2) is 50.5 Å². The molecule has 1 aromatic carbocycles. The van der Waals surface area contributed by atoms with Gasteiger partial charge in [0.25, 0.3) is 0 Å². The molecule has 0 amide bonds. The molecule has 1 fully saturated rings. The summed E-state index contributed by atoms with van der Waals surface area (Å²) in [4.78, 5) is 0.258. The number of benzene rings is 1. The molecule has 1 aliphatic rings. The molecule has 2 heterocycles. The van der Waals surface area contributed by atoms with E-state index in [9.17, 15) is 8.42 Å². The third-order valence-electron chi connectivity index (χ3n) is 4.72. The summed E-state index contributed by atoms with van der Waals surface area (Å²) < 4.78 is 35.3. The summed E-state index contributed by atoms with van der Waals surface area (Å²) in [6.07, 6.45) is 3.62. The minimum atomic E-state index is -3.59. The third kappa shape index (κ3) is 3.72. The van der Waals surface area contributed by atoms with Crippen LogP contribution < -0.4 is 10.0 Å². The highest BCUT2D eigenvalue weighted by Gasteiger charge is 2.34. The lowest BCUT2D eigenvalue weighted by Gasteiger charge is -2.28. The van der Waals surface area contributed by atoms with E-state index >= 15 is 0 Å². The molecule has 2 aromatic rings. The second-order valence-electron chi connectivity index (χ2n) is 6.97. The van der Waals surface area contributed by atoms with Crippen molar-refractivity contribution in [3.63, 3.8) is 0 Å². The van der Waals surface area contributed by atoms with Gasteiger partial charge in [-0.25, -0.2) is 13.1 Å². The Bertz CT molecular complexity index is 839. The smallest absolute Gasteiger partial charge is 0.240 e. The van der Waals surface area contributed by atoms with Gasteiger partial charge in [0.15, 0.2) is 0 Å². The monoisotopic (exact) mass is 366 g/mol. The Balaban J connectivity index is 1.81. The van der Waals surface area contributed by atoms with Gasteiger partial charge in [-0.3, -0.25) is 4.68 Å². The van der Waals surface area contributed by atoms with Crippen molar-refractivity contribution >= 4 is 20.9 Å². The third-order valence-corrected chi connectivity index (χ3v) is 6.12. The maximum absolute atomic E-state index is 12.7. The molecule has 1 aromatic heterocycles. The van der Waals surface area contributed by atoms with Crippen LogP contribution >= 0.6 is 0 Å². The Hall–Kier alpha value is -1.48. The fourth-order valence-corrected chi connectivity index (χ4v) is 4.56. The maximum Gasteiger partial charge on any atom is 0.240 e. The Morgan fingerprint density at radius 3 is 2.88 bits per heavy atom. The van der Waals surface area contributed by atoms with Gasteiger partial charge in [-0.1, -0.05) is 0 Å². The summed E-state index contributed by atoms with van der Waals surface area (Å²) >= 11 is 0. The molecule has 0 bridgehead atoms. The van der Waals surface area contributed by atoms with Gasteiger partial charge >= 0.3 is 0 Å². The Labute approximate surface area is 148 Å². The number of ether oxygens (including phenoxy) is 1. The predicted molar refractivity (Wildman–Crippen MR) is 97.2 cm³/mol. The molecular formula is C17H26N4O3S. The van der Waals surface area contributed by atoms with Crippen molar-refractivity contribution in [3.8, 4) is 0 Å². The number of hydrogen-bond acceptors (Lipinski definition) is 5. The van der Waals surface area contributed by atoms with E-state index in [-0.39, 0.29) is 16.5 Å². The fraction of sp³-hybridized carbons (Fsp3) is 0.588. The predicted octanol–water partition coefficient (Wildman–Crippen LogP) is 1.66. The van der Waals surface area contributed by atoms with Gasteiger partial charge in [0.1, 0.15) is 0 Å². The van der Waals surface area contributed by atoms with Crippen LogP contribution in [0.2, 0.25) is 0 Å². The van der Waals surface area contributed by atoms with Gasteiger partial charge in [0.05, 0.1) is 28.8 Å². The maximum atomic E-state index is 12.7. The number of nitrogens with zero attached hydrogens (tertiary/aromatic N) is 2. The zero-order valence-electron chi connectivity index (χ0n) is 14.9. The molecule has 1 atom stereocenters. The summed E-state index contributed by atoms with van der Waals surface area (Å²) in [5, 5.41) is 8.53. The molecule has 1 saturated heterocycles. The first kappa shape index (κ1) is 18.3. The summed E-state index contributed by atoms with van der Waals surface area (Å²) in [5.41, 5.74) is 0.608. The molecule has 3 rings (SSSR count). The zero-order chi connectivity index (χ0) is 18.1. The molecule has 0 aliphatic carbocycles.